The summed E-state index contributed by atoms with van der Waals surface area (Å²) in [5.41, 5.74) is 1.14. The summed E-state index contributed by atoms with van der Waals surface area (Å²) < 4.78 is 0. The average molecular weight is 328 g/mol. The van der Waals surface area contributed by atoms with Crippen LogP contribution in [0.15, 0.2) is 36.5 Å². The van der Waals surface area contributed by atoms with Crippen LogP contribution in [-0.2, 0) is 4.79 Å². The Morgan fingerprint density at radius 1 is 1.12 bits per heavy atom. The van der Waals surface area contributed by atoms with Gasteiger partial charge in [-0.05, 0) is 12.1 Å². The number of amides is 2. The zero-order valence-corrected chi connectivity index (χ0v) is 13.6. The van der Waals surface area contributed by atoms with Crippen LogP contribution in [0.3, 0.4) is 0 Å². The molecule has 1 aromatic heterocycles. The number of hydrogen-bond acceptors (Lipinski definition) is 5. The van der Waals surface area contributed by atoms with Gasteiger partial charge in [-0.25, -0.2) is 0 Å². The summed E-state index contributed by atoms with van der Waals surface area (Å²) in [4.78, 5) is 29.2. The molecule has 126 valence electrons. The van der Waals surface area contributed by atoms with Gasteiger partial charge in [0.15, 0.2) is 5.69 Å². The van der Waals surface area contributed by atoms with Crippen LogP contribution >= 0.6 is 0 Å². The molecule has 1 saturated heterocycles. The predicted octanol–water partition coefficient (Wildman–Crippen LogP) is -0.229. The fraction of sp³-hybridized carbons (Fsp3) is 0.375. The molecule has 1 fully saturated rings. The fourth-order valence-electron chi connectivity index (χ4n) is 2.60. The van der Waals surface area contributed by atoms with Crippen molar-refractivity contribution < 1.29 is 9.59 Å². The Bertz CT molecular complexity index is 706. The number of nitrogens with zero attached hydrogens (tertiary/aromatic N) is 5. The highest BCUT2D eigenvalue weighted by Gasteiger charge is 2.24. The molecule has 2 amide bonds. The Kier molecular flexibility index (Phi) is 4.85. The highest BCUT2D eigenvalue weighted by molar-refractivity contribution is 5.92. The largest absolute Gasteiger partial charge is 0.358 e. The van der Waals surface area contributed by atoms with Gasteiger partial charge in [0.2, 0.25) is 5.91 Å². The second-order valence-electron chi connectivity index (χ2n) is 5.60. The van der Waals surface area contributed by atoms with Crippen molar-refractivity contribution >= 4 is 11.8 Å². The van der Waals surface area contributed by atoms with Gasteiger partial charge in [-0.3, -0.25) is 14.5 Å². The van der Waals surface area contributed by atoms with Crippen molar-refractivity contribution in [3.63, 3.8) is 0 Å². The lowest BCUT2D eigenvalue weighted by Crippen LogP contribution is -2.51. The summed E-state index contributed by atoms with van der Waals surface area (Å²) in [5, 5.41) is 11.0. The van der Waals surface area contributed by atoms with Gasteiger partial charge in [0.1, 0.15) is 0 Å². The Morgan fingerprint density at radius 2 is 1.83 bits per heavy atom. The SMILES string of the molecule is CNC(=O)CN1CCN(C(=O)c2cnn(-c3ccccc3)n2)CC1. The van der Waals surface area contributed by atoms with Crippen molar-refractivity contribution in [3.8, 4) is 5.69 Å². The Labute approximate surface area is 140 Å². The Hall–Kier alpha value is -2.74. The number of rotatable bonds is 4. The summed E-state index contributed by atoms with van der Waals surface area (Å²) in [5.74, 6) is -0.141. The van der Waals surface area contributed by atoms with Gasteiger partial charge in [-0.15, -0.1) is 5.10 Å². The van der Waals surface area contributed by atoms with Crippen molar-refractivity contribution in [2.75, 3.05) is 39.8 Å². The molecule has 1 aromatic carbocycles. The molecule has 1 N–H and O–H groups in total. The van der Waals surface area contributed by atoms with Crippen molar-refractivity contribution in [3.05, 3.63) is 42.2 Å². The van der Waals surface area contributed by atoms with Crippen LogP contribution in [0, 0.1) is 0 Å². The molecule has 1 aliphatic heterocycles. The minimum atomic E-state index is -0.128. The number of likely N-dealkylation sites (N-methyl/N-ethyl adjacent to an activating group) is 1. The van der Waals surface area contributed by atoms with E-state index in [-0.39, 0.29) is 11.8 Å². The van der Waals surface area contributed by atoms with E-state index in [0.717, 1.165) is 5.69 Å². The molecule has 0 spiro atoms. The molecule has 0 radical (unpaired) electrons. The first-order valence-corrected chi connectivity index (χ1v) is 7.87. The van der Waals surface area contributed by atoms with Crippen LogP contribution < -0.4 is 5.32 Å². The molecule has 8 heteroatoms. The standard InChI is InChI=1S/C16H20N6O2/c1-17-15(23)12-20-7-9-21(10-8-20)16(24)14-11-18-22(19-14)13-5-3-2-4-6-13/h2-6,11H,7-10,12H2,1H3,(H,17,23). The van der Waals surface area contributed by atoms with Crippen molar-refractivity contribution in [1.29, 1.82) is 0 Å². The molecule has 3 rings (SSSR count). The van der Waals surface area contributed by atoms with Gasteiger partial charge in [0.25, 0.3) is 5.91 Å². The van der Waals surface area contributed by atoms with E-state index in [9.17, 15) is 9.59 Å². The summed E-state index contributed by atoms with van der Waals surface area (Å²) in [6.45, 7) is 2.86. The summed E-state index contributed by atoms with van der Waals surface area (Å²) in [6.07, 6.45) is 1.49. The number of aromatic nitrogens is 3. The van der Waals surface area contributed by atoms with E-state index < -0.39 is 0 Å². The molecular formula is C16H20N6O2. The van der Waals surface area contributed by atoms with Crippen molar-refractivity contribution in [2.45, 2.75) is 0 Å². The molecule has 2 aromatic rings. The fourth-order valence-corrected chi connectivity index (χ4v) is 2.60. The number of piperazine rings is 1. The summed E-state index contributed by atoms with van der Waals surface area (Å²) >= 11 is 0. The van der Waals surface area contributed by atoms with Gasteiger partial charge in [0.05, 0.1) is 18.4 Å². The zero-order chi connectivity index (χ0) is 16.9. The quantitative estimate of drug-likeness (QED) is 0.838. The van der Waals surface area contributed by atoms with E-state index in [1.807, 2.05) is 35.2 Å². The van der Waals surface area contributed by atoms with E-state index >= 15 is 0 Å². The van der Waals surface area contributed by atoms with E-state index in [2.05, 4.69) is 15.5 Å². The normalized spacial score (nSPS) is 15.3. The second-order valence-corrected chi connectivity index (χ2v) is 5.60. The second kappa shape index (κ2) is 7.22. The third-order valence-electron chi connectivity index (χ3n) is 4.00. The maximum atomic E-state index is 12.5. The first kappa shape index (κ1) is 16.1. The Morgan fingerprint density at radius 3 is 2.50 bits per heavy atom. The molecule has 1 aliphatic rings. The molecule has 24 heavy (non-hydrogen) atoms. The van der Waals surface area contributed by atoms with E-state index in [1.165, 1.54) is 11.0 Å². The predicted molar refractivity (Wildman–Crippen MR) is 87.8 cm³/mol. The highest BCUT2D eigenvalue weighted by Crippen LogP contribution is 2.09. The third-order valence-corrected chi connectivity index (χ3v) is 4.00. The summed E-state index contributed by atoms with van der Waals surface area (Å²) in [7, 11) is 1.62. The number of hydrogen-bond donors (Lipinski definition) is 1. The molecule has 8 nitrogen and oxygen atoms in total. The lowest BCUT2D eigenvalue weighted by molar-refractivity contribution is -0.122. The minimum absolute atomic E-state index is 0.0134. The first-order chi connectivity index (χ1) is 11.7. The molecule has 0 unspecified atom stereocenters. The minimum Gasteiger partial charge on any atom is -0.358 e. The van der Waals surface area contributed by atoms with Crippen molar-refractivity contribution in [1.82, 2.24) is 30.1 Å². The Balaban J connectivity index is 1.60. The number of para-hydroxylation sites is 1. The van der Waals surface area contributed by atoms with Gasteiger partial charge in [0, 0.05) is 33.2 Å². The van der Waals surface area contributed by atoms with Crippen LogP contribution in [0.2, 0.25) is 0 Å². The van der Waals surface area contributed by atoms with Crippen molar-refractivity contribution in [2.24, 2.45) is 0 Å². The van der Waals surface area contributed by atoms with Gasteiger partial charge in [-0.1, -0.05) is 18.2 Å². The van der Waals surface area contributed by atoms with Gasteiger partial charge in [-0.2, -0.15) is 9.90 Å². The number of carbonyl (C=O) groups is 2. The van der Waals surface area contributed by atoms with Crippen LogP contribution in [0.1, 0.15) is 10.5 Å². The monoisotopic (exact) mass is 328 g/mol. The van der Waals surface area contributed by atoms with Crippen LogP contribution in [0.25, 0.3) is 5.69 Å². The molecule has 0 aliphatic carbocycles. The van der Waals surface area contributed by atoms with Gasteiger partial charge < -0.3 is 10.2 Å². The van der Waals surface area contributed by atoms with Gasteiger partial charge >= 0.3 is 0 Å². The summed E-state index contributed by atoms with van der Waals surface area (Å²) in [6, 6.07) is 9.46. The lowest BCUT2D eigenvalue weighted by Gasteiger charge is -2.33. The zero-order valence-electron chi connectivity index (χ0n) is 13.6. The maximum Gasteiger partial charge on any atom is 0.276 e. The number of carbonyl (C=O) groups excluding carboxylic acids is 2. The smallest absolute Gasteiger partial charge is 0.276 e. The maximum absolute atomic E-state index is 12.5. The third kappa shape index (κ3) is 3.60. The van der Waals surface area contributed by atoms with E-state index in [0.29, 0.717) is 38.4 Å². The highest BCUT2D eigenvalue weighted by atomic mass is 16.2. The van der Waals surface area contributed by atoms with E-state index in [4.69, 9.17) is 0 Å². The number of benzene rings is 1. The first-order valence-electron chi connectivity index (χ1n) is 7.87. The van der Waals surface area contributed by atoms with E-state index in [1.54, 1.807) is 11.9 Å². The van der Waals surface area contributed by atoms with Crippen LogP contribution in [0.5, 0.6) is 0 Å². The van der Waals surface area contributed by atoms with Crippen LogP contribution in [-0.4, -0.2) is 76.4 Å². The molecule has 2 heterocycles. The molecule has 0 bridgehead atoms. The lowest BCUT2D eigenvalue weighted by atomic mass is 10.3. The molecular weight excluding hydrogens is 308 g/mol. The molecule has 0 atom stereocenters. The van der Waals surface area contributed by atoms with Crippen LogP contribution in [0.4, 0.5) is 0 Å². The average Bonchev–Trinajstić information content (AvgIpc) is 3.12. The molecule has 0 saturated carbocycles. The number of nitrogens with one attached hydrogen (secondary N) is 1. The topological polar surface area (TPSA) is 83.4 Å².